The third-order valence-electron chi connectivity index (χ3n) is 5.04. The number of hydrogen-bond acceptors (Lipinski definition) is 6. The third kappa shape index (κ3) is 3.88. The zero-order chi connectivity index (χ0) is 22.7. The second-order valence-electron chi connectivity index (χ2n) is 6.88. The first kappa shape index (κ1) is 21.0. The number of hydrogen-bond donors (Lipinski definition) is 1. The Labute approximate surface area is 184 Å². The molecule has 0 spiro atoms. The Morgan fingerprint density at radius 1 is 0.781 bits per heavy atom. The summed E-state index contributed by atoms with van der Waals surface area (Å²) in [4.78, 5) is 26.1. The maximum atomic E-state index is 13.3. The summed E-state index contributed by atoms with van der Waals surface area (Å²) in [6.45, 7) is 0. The van der Waals surface area contributed by atoms with Crippen molar-refractivity contribution >= 4 is 28.3 Å². The molecule has 0 aliphatic rings. The second kappa shape index (κ2) is 8.85. The lowest BCUT2D eigenvalue weighted by Crippen LogP contribution is -2.10. The van der Waals surface area contributed by atoms with Crippen molar-refractivity contribution < 1.29 is 28.2 Å². The fourth-order valence-electron chi connectivity index (χ4n) is 3.41. The average molecular weight is 431 g/mol. The Bertz CT molecular complexity index is 1290. The molecule has 0 unspecified atom stereocenters. The number of ketones is 1. The van der Waals surface area contributed by atoms with Gasteiger partial charge in [0, 0.05) is 16.6 Å². The molecule has 0 aliphatic carbocycles. The van der Waals surface area contributed by atoms with E-state index >= 15 is 0 Å². The van der Waals surface area contributed by atoms with Gasteiger partial charge >= 0.3 is 0 Å². The zero-order valence-corrected chi connectivity index (χ0v) is 17.8. The summed E-state index contributed by atoms with van der Waals surface area (Å²) in [5.74, 6) is 0.898. The minimum absolute atomic E-state index is 0.0504. The number of nitrogens with one attached hydrogen (secondary N) is 1. The van der Waals surface area contributed by atoms with Crippen molar-refractivity contribution in [3.63, 3.8) is 0 Å². The summed E-state index contributed by atoms with van der Waals surface area (Å²) >= 11 is 0. The molecule has 32 heavy (non-hydrogen) atoms. The lowest BCUT2D eigenvalue weighted by molar-refractivity contribution is 0.0997. The average Bonchev–Trinajstić information content (AvgIpc) is 3.29. The Hall–Kier alpha value is -4.26. The quantitative estimate of drug-likeness (QED) is 0.417. The van der Waals surface area contributed by atoms with E-state index in [1.165, 1.54) is 14.2 Å². The Balaban J connectivity index is 1.73. The Kier molecular flexibility index (Phi) is 5.81. The van der Waals surface area contributed by atoms with Crippen LogP contribution in [0.1, 0.15) is 26.5 Å². The molecule has 4 rings (SSSR count). The number of carbonyl (C=O) groups is 2. The number of rotatable bonds is 7. The van der Waals surface area contributed by atoms with E-state index in [0.29, 0.717) is 45.0 Å². The topological polar surface area (TPSA) is 87.0 Å². The van der Waals surface area contributed by atoms with E-state index in [9.17, 15) is 9.59 Å². The van der Waals surface area contributed by atoms with Crippen molar-refractivity contribution in [2.75, 3.05) is 26.6 Å². The number of fused-ring (bicyclic) bond motifs is 1. The van der Waals surface area contributed by atoms with Crippen molar-refractivity contribution in [3.8, 4) is 17.2 Å². The highest BCUT2D eigenvalue weighted by atomic mass is 16.5. The number of anilines is 1. The Morgan fingerprint density at radius 2 is 1.50 bits per heavy atom. The van der Waals surface area contributed by atoms with Crippen LogP contribution in [-0.2, 0) is 0 Å². The minimum Gasteiger partial charge on any atom is -0.497 e. The van der Waals surface area contributed by atoms with Crippen LogP contribution in [0.5, 0.6) is 17.2 Å². The highest BCUT2D eigenvalue weighted by Gasteiger charge is 2.23. The molecule has 0 saturated heterocycles. The number of para-hydroxylation sites is 1. The summed E-state index contributed by atoms with van der Waals surface area (Å²) in [6.07, 6.45) is 0. The molecule has 7 nitrogen and oxygen atoms in total. The molecule has 162 valence electrons. The summed E-state index contributed by atoms with van der Waals surface area (Å²) in [7, 11) is 4.57. The highest BCUT2D eigenvalue weighted by Crippen LogP contribution is 2.34. The van der Waals surface area contributed by atoms with E-state index in [1.54, 1.807) is 73.8 Å². The van der Waals surface area contributed by atoms with E-state index in [4.69, 9.17) is 18.6 Å². The van der Waals surface area contributed by atoms with Gasteiger partial charge in [-0.05, 0) is 54.6 Å². The van der Waals surface area contributed by atoms with Crippen LogP contribution >= 0.6 is 0 Å². The molecule has 0 saturated carbocycles. The molecule has 0 aliphatic heterocycles. The predicted octanol–water partition coefficient (Wildman–Crippen LogP) is 4.94. The molecular weight excluding hydrogens is 410 g/mol. The third-order valence-corrected chi connectivity index (χ3v) is 5.04. The first-order chi connectivity index (χ1) is 15.5. The molecule has 0 bridgehead atoms. The van der Waals surface area contributed by atoms with Crippen molar-refractivity contribution in [1.82, 2.24) is 0 Å². The monoisotopic (exact) mass is 431 g/mol. The van der Waals surface area contributed by atoms with Gasteiger partial charge in [-0.15, -0.1) is 0 Å². The molecule has 1 amide bonds. The van der Waals surface area contributed by atoms with Crippen molar-refractivity contribution in [2.45, 2.75) is 0 Å². The number of carbonyl (C=O) groups excluding carboxylic acids is 2. The number of benzene rings is 3. The van der Waals surface area contributed by atoms with E-state index in [1.807, 2.05) is 0 Å². The maximum Gasteiger partial charge on any atom is 0.291 e. The fourth-order valence-corrected chi connectivity index (χ4v) is 3.41. The number of amides is 1. The van der Waals surface area contributed by atoms with Crippen LogP contribution in [-0.4, -0.2) is 33.0 Å². The number of ether oxygens (including phenoxy) is 3. The highest BCUT2D eigenvalue weighted by molar-refractivity contribution is 6.18. The first-order valence-electron chi connectivity index (χ1n) is 9.79. The molecule has 1 N–H and O–H groups in total. The fraction of sp³-hybridized carbons (Fsp3) is 0.120. The van der Waals surface area contributed by atoms with Crippen LogP contribution in [0.3, 0.4) is 0 Å². The van der Waals surface area contributed by atoms with Crippen LogP contribution < -0.4 is 19.5 Å². The lowest BCUT2D eigenvalue weighted by Gasteiger charge is -2.09. The summed E-state index contributed by atoms with van der Waals surface area (Å²) in [5, 5.41) is 3.24. The zero-order valence-electron chi connectivity index (χ0n) is 17.8. The van der Waals surface area contributed by atoms with E-state index < -0.39 is 5.91 Å². The summed E-state index contributed by atoms with van der Waals surface area (Å²) < 4.78 is 21.6. The molecule has 1 aromatic heterocycles. The van der Waals surface area contributed by atoms with E-state index in [-0.39, 0.29) is 11.5 Å². The van der Waals surface area contributed by atoms with Gasteiger partial charge in [-0.25, -0.2) is 0 Å². The van der Waals surface area contributed by atoms with Gasteiger partial charge < -0.3 is 23.9 Å². The molecule has 0 radical (unpaired) electrons. The van der Waals surface area contributed by atoms with Gasteiger partial charge in [0.2, 0.25) is 0 Å². The lowest BCUT2D eigenvalue weighted by atomic mass is 9.99. The minimum atomic E-state index is -0.455. The van der Waals surface area contributed by atoms with E-state index in [0.717, 1.165) is 0 Å². The maximum absolute atomic E-state index is 13.3. The smallest absolute Gasteiger partial charge is 0.291 e. The van der Waals surface area contributed by atoms with Gasteiger partial charge in [-0.3, -0.25) is 9.59 Å². The van der Waals surface area contributed by atoms with Gasteiger partial charge in [0.15, 0.2) is 22.9 Å². The standard InChI is InChI=1S/C25H21NO6/c1-29-16-10-8-15(9-11-16)26-25(28)22-14-19-17(12-13-21(31-3)24(19)32-22)23(27)18-6-4-5-7-20(18)30-2/h4-14H,1-3H3,(H,26,28). The van der Waals surface area contributed by atoms with Crippen molar-refractivity contribution in [3.05, 3.63) is 83.6 Å². The number of methoxy groups -OCH3 is 3. The number of furan rings is 1. The van der Waals surface area contributed by atoms with Crippen LogP contribution in [0.2, 0.25) is 0 Å². The molecule has 0 fully saturated rings. The van der Waals surface area contributed by atoms with Crippen molar-refractivity contribution in [1.29, 1.82) is 0 Å². The van der Waals surface area contributed by atoms with Crippen LogP contribution in [0, 0.1) is 0 Å². The molecule has 7 heteroatoms. The Morgan fingerprint density at radius 3 is 2.19 bits per heavy atom. The summed E-state index contributed by atoms with van der Waals surface area (Å²) in [5.41, 5.74) is 1.67. The van der Waals surface area contributed by atoms with Crippen molar-refractivity contribution in [2.24, 2.45) is 0 Å². The predicted molar refractivity (Wildman–Crippen MR) is 120 cm³/mol. The van der Waals surface area contributed by atoms with E-state index in [2.05, 4.69) is 5.32 Å². The van der Waals surface area contributed by atoms with Gasteiger partial charge in [-0.1, -0.05) is 12.1 Å². The molecule has 4 aromatic rings. The normalized spacial score (nSPS) is 10.6. The first-order valence-corrected chi connectivity index (χ1v) is 9.79. The van der Waals surface area contributed by atoms with Crippen LogP contribution in [0.25, 0.3) is 11.0 Å². The summed E-state index contributed by atoms with van der Waals surface area (Å²) in [6, 6.07) is 18.7. The largest absolute Gasteiger partial charge is 0.497 e. The molecular formula is C25H21NO6. The SMILES string of the molecule is COc1ccc(NC(=O)c2cc3c(C(=O)c4ccccc4OC)ccc(OC)c3o2)cc1. The van der Waals surface area contributed by atoms with Gasteiger partial charge in [0.05, 0.1) is 26.9 Å². The van der Waals surface area contributed by atoms with Crippen LogP contribution in [0.15, 0.2) is 71.1 Å². The molecule has 0 atom stereocenters. The van der Waals surface area contributed by atoms with Gasteiger partial charge in [0.25, 0.3) is 5.91 Å². The second-order valence-corrected chi connectivity index (χ2v) is 6.88. The van der Waals surface area contributed by atoms with Gasteiger partial charge in [0.1, 0.15) is 11.5 Å². The molecule has 3 aromatic carbocycles. The van der Waals surface area contributed by atoms with Crippen LogP contribution in [0.4, 0.5) is 5.69 Å². The molecule has 1 heterocycles. The van der Waals surface area contributed by atoms with Gasteiger partial charge in [-0.2, -0.15) is 0 Å².